The first-order chi connectivity index (χ1) is 24.3. The van der Waals surface area contributed by atoms with Crippen LogP contribution < -0.4 is 4.90 Å². The van der Waals surface area contributed by atoms with Gasteiger partial charge in [0.1, 0.15) is 5.58 Å². The Morgan fingerprint density at radius 3 is 1.82 bits per heavy atom. The Kier molecular flexibility index (Phi) is 4.69. The molecule has 3 aliphatic rings. The fourth-order valence-electron chi connectivity index (χ4n) is 9.60. The van der Waals surface area contributed by atoms with Gasteiger partial charge in [-0.1, -0.05) is 133 Å². The van der Waals surface area contributed by atoms with Gasteiger partial charge in [0.25, 0.3) is 0 Å². The number of nitrogens with zero attached hydrogens (tertiary/aromatic N) is 1. The lowest BCUT2D eigenvalue weighted by atomic mass is 9.73. The average molecular weight is 622 g/mol. The average Bonchev–Trinajstić information content (AvgIpc) is 3.87. The molecule has 0 amide bonds. The normalized spacial score (nSPS) is 15.8. The summed E-state index contributed by atoms with van der Waals surface area (Å²) in [7, 11) is 0. The SMILES string of the molecule is c1ccc2c(c1)-c1cccc3c1C21c2cc(N(c4cccc5ccccc45)c4cccc5c4oc4ccccc45)ccc2-c2cccc-3c21. The minimum atomic E-state index is -0.352. The summed E-state index contributed by atoms with van der Waals surface area (Å²) in [6, 6.07) is 60.2. The van der Waals surface area contributed by atoms with E-state index in [0.717, 1.165) is 39.0 Å². The van der Waals surface area contributed by atoms with Crippen molar-refractivity contribution in [2.45, 2.75) is 5.41 Å². The van der Waals surface area contributed by atoms with E-state index in [4.69, 9.17) is 4.42 Å². The van der Waals surface area contributed by atoms with Crippen LogP contribution in [-0.2, 0) is 5.41 Å². The van der Waals surface area contributed by atoms with E-state index in [-0.39, 0.29) is 5.41 Å². The fourth-order valence-corrected chi connectivity index (χ4v) is 9.60. The van der Waals surface area contributed by atoms with E-state index in [1.807, 2.05) is 6.07 Å². The number of fused-ring (bicyclic) bond motifs is 9. The Morgan fingerprint density at radius 1 is 0.408 bits per heavy atom. The molecule has 0 saturated carbocycles. The first kappa shape index (κ1) is 25.7. The number of furan rings is 1. The summed E-state index contributed by atoms with van der Waals surface area (Å²) in [5.74, 6) is 0. The third-order valence-corrected chi connectivity index (χ3v) is 11.4. The van der Waals surface area contributed by atoms with Crippen molar-refractivity contribution in [1.82, 2.24) is 0 Å². The van der Waals surface area contributed by atoms with Crippen molar-refractivity contribution in [2.75, 3.05) is 4.90 Å². The van der Waals surface area contributed by atoms with Crippen LogP contribution in [0.15, 0.2) is 168 Å². The lowest BCUT2D eigenvalue weighted by molar-refractivity contribution is 0.669. The first-order valence-electron chi connectivity index (χ1n) is 17.0. The number of hydrogen-bond acceptors (Lipinski definition) is 2. The van der Waals surface area contributed by atoms with Gasteiger partial charge >= 0.3 is 0 Å². The van der Waals surface area contributed by atoms with Crippen LogP contribution in [0.5, 0.6) is 0 Å². The van der Waals surface area contributed by atoms with Gasteiger partial charge in [-0.05, 0) is 91.4 Å². The van der Waals surface area contributed by atoms with Gasteiger partial charge in [0.05, 0.1) is 16.8 Å². The van der Waals surface area contributed by atoms with Gasteiger partial charge in [0.2, 0.25) is 0 Å². The fraction of sp³-hybridized carbons (Fsp3) is 0.0213. The summed E-state index contributed by atoms with van der Waals surface area (Å²) in [5, 5.41) is 4.65. The summed E-state index contributed by atoms with van der Waals surface area (Å²) in [5.41, 5.74) is 18.4. The highest BCUT2D eigenvalue weighted by molar-refractivity contribution is 6.12. The van der Waals surface area contributed by atoms with E-state index < -0.39 is 0 Å². The number of benzene rings is 8. The quantitative estimate of drug-likeness (QED) is 0.195. The Morgan fingerprint density at radius 2 is 0.980 bits per heavy atom. The second kappa shape index (κ2) is 8.94. The predicted octanol–water partition coefficient (Wildman–Crippen LogP) is 12.5. The molecule has 1 heterocycles. The third-order valence-electron chi connectivity index (χ3n) is 11.4. The van der Waals surface area contributed by atoms with Crippen LogP contribution in [0.2, 0.25) is 0 Å². The number of anilines is 3. The molecular formula is C47H27NO. The molecule has 0 saturated heterocycles. The van der Waals surface area contributed by atoms with E-state index in [1.54, 1.807) is 0 Å². The van der Waals surface area contributed by atoms with E-state index in [9.17, 15) is 0 Å². The molecule has 0 fully saturated rings. The first-order valence-corrected chi connectivity index (χ1v) is 17.0. The van der Waals surface area contributed by atoms with Crippen molar-refractivity contribution < 1.29 is 4.42 Å². The van der Waals surface area contributed by atoms with E-state index in [1.165, 1.54) is 66.4 Å². The van der Waals surface area contributed by atoms with E-state index in [2.05, 4.69) is 163 Å². The Balaban J connectivity index is 1.20. The highest BCUT2D eigenvalue weighted by Crippen LogP contribution is 2.70. The lowest BCUT2D eigenvalue weighted by Crippen LogP contribution is -2.23. The summed E-state index contributed by atoms with van der Waals surface area (Å²) in [6.45, 7) is 0. The smallest absolute Gasteiger partial charge is 0.159 e. The van der Waals surface area contributed by atoms with E-state index in [0.29, 0.717) is 0 Å². The molecular weight excluding hydrogens is 595 g/mol. The van der Waals surface area contributed by atoms with Crippen molar-refractivity contribution in [3.63, 3.8) is 0 Å². The second-order valence-corrected chi connectivity index (χ2v) is 13.6. The van der Waals surface area contributed by atoms with Gasteiger partial charge in [-0.25, -0.2) is 0 Å². The third kappa shape index (κ3) is 3.00. The minimum absolute atomic E-state index is 0.352. The molecule has 1 aromatic heterocycles. The summed E-state index contributed by atoms with van der Waals surface area (Å²) >= 11 is 0. The zero-order valence-corrected chi connectivity index (χ0v) is 26.4. The Bertz CT molecular complexity index is 2870. The van der Waals surface area contributed by atoms with Gasteiger partial charge in [-0.3, -0.25) is 0 Å². The van der Waals surface area contributed by atoms with Crippen LogP contribution in [-0.4, -0.2) is 0 Å². The van der Waals surface area contributed by atoms with Gasteiger partial charge in [0.15, 0.2) is 5.58 Å². The number of rotatable bonds is 3. The zero-order valence-electron chi connectivity index (χ0n) is 26.4. The molecule has 8 aromatic carbocycles. The van der Waals surface area contributed by atoms with Crippen molar-refractivity contribution in [2.24, 2.45) is 0 Å². The van der Waals surface area contributed by atoms with Crippen molar-refractivity contribution in [1.29, 1.82) is 0 Å². The van der Waals surface area contributed by atoms with Gasteiger partial charge < -0.3 is 9.32 Å². The predicted molar refractivity (Wildman–Crippen MR) is 201 cm³/mol. The summed E-state index contributed by atoms with van der Waals surface area (Å²) < 4.78 is 6.71. The van der Waals surface area contributed by atoms with Crippen molar-refractivity contribution >= 4 is 49.8 Å². The van der Waals surface area contributed by atoms with Crippen molar-refractivity contribution in [3.8, 4) is 33.4 Å². The Labute approximate surface area is 283 Å². The molecule has 2 nitrogen and oxygen atoms in total. The lowest BCUT2D eigenvalue weighted by Gasteiger charge is -2.30. The maximum absolute atomic E-state index is 6.71. The molecule has 49 heavy (non-hydrogen) atoms. The zero-order chi connectivity index (χ0) is 31.8. The van der Waals surface area contributed by atoms with E-state index >= 15 is 0 Å². The molecule has 3 aliphatic carbocycles. The topological polar surface area (TPSA) is 16.4 Å². The molecule has 9 aromatic rings. The van der Waals surface area contributed by atoms with Gasteiger partial charge in [-0.2, -0.15) is 0 Å². The molecule has 0 bridgehead atoms. The molecule has 0 N–H and O–H groups in total. The molecule has 1 atom stereocenters. The molecule has 226 valence electrons. The monoisotopic (exact) mass is 621 g/mol. The van der Waals surface area contributed by atoms with Crippen LogP contribution in [0.25, 0.3) is 66.1 Å². The number of hydrogen-bond donors (Lipinski definition) is 0. The van der Waals surface area contributed by atoms with Crippen LogP contribution in [0, 0.1) is 0 Å². The van der Waals surface area contributed by atoms with Crippen LogP contribution in [0.3, 0.4) is 0 Å². The van der Waals surface area contributed by atoms with Crippen LogP contribution in [0.1, 0.15) is 22.3 Å². The maximum atomic E-state index is 6.71. The maximum Gasteiger partial charge on any atom is 0.159 e. The largest absolute Gasteiger partial charge is 0.454 e. The summed E-state index contributed by atoms with van der Waals surface area (Å²) in [4.78, 5) is 2.43. The van der Waals surface area contributed by atoms with Crippen LogP contribution >= 0.6 is 0 Å². The molecule has 1 spiro atoms. The molecule has 0 radical (unpaired) electrons. The van der Waals surface area contributed by atoms with Crippen LogP contribution in [0.4, 0.5) is 17.1 Å². The van der Waals surface area contributed by atoms with Gasteiger partial charge in [0, 0.05) is 21.8 Å². The summed E-state index contributed by atoms with van der Waals surface area (Å²) in [6.07, 6.45) is 0. The second-order valence-electron chi connectivity index (χ2n) is 13.6. The molecule has 1 unspecified atom stereocenters. The van der Waals surface area contributed by atoms with Crippen molar-refractivity contribution in [3.05, 3.63) is 186 Å². The molecule has 0 aliphatic heterocycles. The standard InChI is InChI=1S/C47H27NO/c1-2-13-30-28(11-1)12-7-22-41(30)48(42-23-10-20-38-33-15-4-6-24-43(33)49-46(38)42)29-25-26-32-35-17-9-19-37-36-18-8-16-34-31-14-3-5-21-39(31)47(44(34)36,45(35)37)40(32)27-29/h1-27H. The molecule has 2 heteroatoms. The number of para-hydroxylation sites is 2. The Hall–Kier alpha value is -6.38. The molecule has 12 rings (SSSR count). The highest BCUT2D eigenvalue weighted by Gasteiger charge is 2.57. The van der Waals surface area contributed by atoms with Gasteiger partial charge in [-0.15, -0.1) is 0 Å². The highest BCUT2D eigenvalue weighted by atomic mass is 16.3. The minimum Gasteiger partial charge on any atom is -0.454 e.